The lowest BCUT2D eigenvalue weighted by molar-refractivity contribution is -0.146. The predicted octanol–water partition coefficient (Wildman–Crippen LogP) is 4.86. The van der Waals surface area contributed by atoms with Crippen molar-refractivity contribution in [2.45, 2.75) is 102 Å². The van der Waals surface area contributed by atoms with E-state index in [1.54, 1.807) is 13.8 Å². The number of nitrogens with two attached hydrogens (primary N) is 2. The number of rotatable bonds is 17. The summed E-state index contributed by atoms with van der Waals surface area (Å²) >= 11 is 0. The molecular weight excluding hydrogens is 755 g/mol. The summed E-state index contributed by atoms with van der Waals surface area (Å²) < 4.78 is 0. The van der Waals surface area contributed by atoms with Crippen molar-refractivity contribution in [3.8, 4) is 0 Å². The molecule has 2 fully saturated rings. The molecule has 0 aromatic heterocycles. The van der Waals surface area contributed by atoms with E-state index in [-0.39, 0.29) is 24.9 Å². The van der Waals surface area contributed by atoms with Crippen LogP contribution in [0.15, 0.2) is 78.9 Å². The maximum absolute atomic E-state index is 13.9. The van der Waals surface area contributed by atoms with Gasteiger partial charge in [0.1, 0.15) is 23.2 Å². The summed E-state index contributed by atoms with van der Waals surface area (Å²) in [5.41, 5.74) is 13.2. The molecule has 2 aliphatic rings. The number of carbonyl (C=O) groups is 6. The second-order valence-corrected chi connectivity index (χ2v) is 15.8. The lowest BCUT2D eigenvalue weighted by Crippen LogP contribution is -2.59. The SMILES string of the molecule is CC[C@H](C)[C@H](NC(=O)O)C(=O)N1CCC[C@@]1(C(N)=O)c1ccc(CN(Cc2ccc([C@]3(C(N)=O)CCCN3C(=O)[C@@H](NC(=O)O)[C@@H](C)CC)cc2)c2ccccc2)cc1. The third-order valence-corrected chi connectivity index (χ3v) is 12.4. The van der Waals surface area contributed by atoms with E-state index in [4.69, 9.17) is 11.5 Å². The summed E-state index contributed by atoms with van der Waals surface area (Å²) in [7, 11) is 0. The molecule has 6 atom stereocenters. The number of nitrogens with one attached hydrogen (secondary N) is 2. The Morgan fingerprint density at radius 1 is 0.644 bits per heavy atom. The molecule has 3 aromatic rings. The molecule has 8 N–H and O–H groups in total. The number of amides is 6. The fourth-order valence-corrected chi connectivity index (χ4v) is 8.69. The van der Waals surface area contributed by atoms with Crippen molar-refractivity contribution < 1.29 is 39.0 Å². The zero-order chi connectivity index (χ0) is 43.1. The molecular formula is C44H57N7O8. The highest BCUT2D eigenvalue weighted by molar-refractivity contribution is 5.96. The molecule has 15 heteroatoms. The van der Waals surface area contributed by atoms with E-state index in [1.165, 1.54) is 9.80 Å². The molecule has 0 radical (unpaired) electrons. The summed E-state index contributed by atoms with van der Waals surface area (Å²) in [5.74, 6) is -2.95. The lowest BCUT2D eigenvalue weighted by atomic mass is 9.84. The predicted molar refractivity (Wildman–Crippen MR) is 222 cm³/mol. The number of para-hydroxylation sites is 1. The number of carbonyl (C=O) groups excluding carboxylic acids is 4. The van der Waals surface area contributed by atoms with Crippen LogP contribution in [0.2, 0.25) is 0 Å². The number of benzene rings is 3. The molecule has 0 bridgehead atoms. The third-order valence-electron chi connectivity index (χ3n) is 12.4. The van der Waals surface area contributed by atoms with Crippen molar-refractivity contribution in [2.75, 3.05) is 18.0 Å². The van der Waals surface area contributed by atoms with Gasteiger partial charge in [0.05, 0.1) is 0 Å². The van der Waals surface area contributed by atoms with Crippen molar-refractivity contribution in [1.29, 1.82) is 0 Å². The summed E-state index contributed by atoms with van der Waals surface area (Å²) in [4.78, 5) is 82.8. The first kappa shape index (κ1) is 44.0. The smallest absolute Gasteiger partial charge is 0.405 e. The molecule has 6 amide bonds. The molecule has 2 heterocycles. The van der Waals surface area contributed by atoms with E-state index < -0.39 is 59.0 Å². The Bertz CT molecular complexity index is 1870. The van der Waals surface area contributed by atoms with Crippen LogP contribution in [0.3, 0.4) is 0 Å². The Morgan fingerprint density at radius 2 is 1.02 bits per heavy atom. The Morgan fingerprint density at radius 3 is 1.34 bits per heavy atom. The zero-order valence-corrected chi connectivity index (χ0v) is 34.2. The Hall–Kier alpha value is -6.12. The highest BCUT2D eigenvalue weighted by Gasteiger charge is 2.53. The van der Waals surface area contributed by atoms with Gasteiger partial charge in [-0.05, 0) is 71.9 Å². The molecule has 316 valence electrons. The van der Waals surface area contributed by atoms with Gasteiger partial charge in [-0.2, -0.15) is 0 Å². The van der Waals surface area contributed by atoms with Gasteiger partial charge in [-0.15, -0.1) is 0 Å². The van der Waals surface area contributed by atoms with E-state index in [0.717, 1.165) is 16.8 Å². The first-order valence-corrected chi connectivity index (χ1v) is 20.3. The minimum Gasteiger partial charge on any atom is -0.465 e. The maximum Gasteiger partial charge on any atom is 0.405 e. The highest BCUT2D eigenvalue weighted by atomic mass is 16.4. The van der Waals surface area contributed by atoms with E-state index in [2.05, 4.69) is 15.5 Å². The number of hydrogen-bond acceptors (Lipinski definition) is 7. The standard InChI is InChI=1S/C44H57N7O8/c1-5-28(3)35(47-41(56)57)37(52)50-24-10-22-43(50,39(45)54)32-18-14-30(15-19-32)26-49(34-12-8-7-9-13-34)27-31-16-20-33(21-17-31)44(40(46)55)23-11-25-51(44)38(53)36(29(4)6-2)48-42(58)59/h7-9,12-21,28-29,35-36,47-48H,5-6,10-11,22-27H2,1-4H3,(H2,45,54)(H2,46,55)(H,56,57)(H,58,59)/t28-,29-,35-,36-,43-,44-/m0/s1. The van der Waals surface area contributed by atoms with Crippen LogP contribution in [0.1, 0.15) is 88.5 Å². The van der Waals surface area contributed by atoms with E-state index in [9.17, 15) is 39.0 Å². The summed E-state index contributed by atoms with van der Waals surface area (Å²) in [6, 6.07) is 22.6. The fraction of sp³-hybridized carbons (Fsp3) is 0.455. The van der Waals surface area contributed by atoms with Gasteiger partial charge < -0.3 is 47.0 Å². The summed E-state index contributed by atoms with van der Waals surface area (Å²) in [6.07, 6.45) is 0.109. The van der Waals surface area contributed by atoms with Crippen molar-refractivity contribution in [3.63, 3.8) is 0 Å². The zero-order valence-electron chi connectivity index (χ0n) is 34.2. The Labute approximate surface area is 345 Å². The van der Waals surface area contributed by atoms with Crippen molar-refractivity contribution in [1.82, 2.24) is 20.4 Å². The van der Waals surface area contributed by atoms with E-state index in [1.807, 2.05) is 92.7 Å². The number of nitrogens with zero attached hydrogens (tertiary/aromatic N) is 3. The second-order valence-electron chi connectivity index (χ2n) is 15.8. The molecule has 0 saturated carbocycles. The van der Waals surface area contributed by atoms with Crippen LogP contribution in [-0.2, 0) is 43.3 Å². The van der Waals surface area contributed by atoms with Gasteiger partial charge in [-0.1, -0.05) is 107 Å². The molecule has 5 rings (SSSR count). The molecule has 2 aliphatic heterocycles. The van der Waals surface area contributed by atoms with Crippen molar-refractivity contribution in [2.24, 2.45) is 23.3 Å². The fourth-order valence-electron chi connectivity index (χ4n) is 8.69. The van der Waals surface area contributed by atoms with Crippen LogP contribution >= 0.6 is 0 Å². The van der Waals surface area contributed by atoms with E-state index >= 15 is 0 Å². The molecule has 0 unspecified atom stereocenters. The van der Waals surface area contributed by atoms with Gasteiger partial charge in [0.25, 0.3) is 0 Å². The largest absolute Gasteiger partial charge is 0.465 e. The Kier molecular flexibility index (Phi) is 13.9. The average molecular weight is 812 g/mol. The second kappa shape index (κ2) is 18.6. The minimum absolute atomic E-state index is 0.258. The third kappa shape index (κ3) is 8.98. The lowest BCUT2D eigenvalue weighted by Gasteiger charge is -2.39. The number of carboxylic acid groups (broad SMARTS) is 2. The summed E-state index contributed by atoms with van der Waals surface area (Å²) in [5, 5.41) is 23.7. The molecule has 15 nitrogen and oxygen atoms in total. The maximum atomic E-state index is 13.9. The molecule has 0 spiro atoms. The topological polar surface area (TPSA) is 229 Å². The van der Waals surface area contributed by atoms with Gasteiger partial charge >= 0.3 is 12.2 Å². The number of hydrogen-bond donors (Lipinski definition) is 6. The number of anilines is 1. The first-order valence-electron chi connectivity index (χ1n) is 20.3. The highest BCUT2D eigenvalue weighted by Crippen LogP contribution is 2.42. The average Bonchev–Trinajstić information content (AvgIpc) is 3.89. The van der Waals surface area contributed by atoms with Crippen LogP contribution in [-0.4, -0.2) is 81.0 Å². The van der Waals surface area contributed by atoms with Gasteiger partial charge in [-0.25, -0.2) is 9.59 Å². The Balaban J connectivity index is 1.41. The molecule has 0 aliphatic carbocycles. The van der Waals surface area contributed by atoms with Crippen LogP contribution in [0.4, 0.5) is 15.3 Å². The number of likely N-dealkylation sites (tertiary alicyclic amines) is 2. The van der Waals surface area contributed by atoms with Crippen LogP contribution < -0.4 is 27.0 Å². The van der Waals surface area contributed by atoms with Crippen molar-refractivity contribution in [3.05, 3.63) is 101 Å². The number of primary amides is 2. The van der Waals surface area contributed by atoms with Crippen LogP contribution in [0.5, 0.6) is 0 Å². The summed E-state index contributed by atoms with van der Waals surface area (Å²) in [6.45, 7) is 8.75. The van der Waals surface area contributed by atoms with E-state index in [0.29, 0.717) is 62.7 Å². The van der Waals surface area contributed by atoms with Gasteiger partial charge in [-0.3, -0.25) is 19.2 Å². The van der Waals surface area contributed by atoms with Gasteiger partial charge in [0.15, 0.2) is 0 Å². The quantitative estimate of drug-likeness (QED) is 0.109. The molecule has 59 heavy (non-hydrogen) atoms. The first-order chi connectivity index (χ1) is 28.1. The van der Waals surface area contributed by atoms with Crippen LogP contribution in [0.25, 0.3) is 0 Å². The molecule has 3 aromatic carbocycles. The van der Waals surface area contributed by atoms with Crippen molar-refractivity contribution >= 4 is 41.5 Å². The monoisotopic (exact) mass is 811 g/mol. The van der Waals surface area contributed by atoms with Gasteiger partial charge in [0.2, 0.25) is 23.6 Å². The molecule has 2 saturated heterocycles. The normalized spacial score (nSPS) is 20.9. The minimum atomic E-state index is -1.44. The van der Waals surface area contributed by atoms with Crippen LogP contribution in [0, 0.1) is 11.8 Å². The van der Waals surface area contributed by atoms with Gasteiger partial charge in [0, 0.05) is 31.9 Å².